The number of nitrogens with two attached hydrogens (primary N) is 1. The van der Waals surface area contributed by atoms with Crippen LogP contribution in [-0.2, 0) is 0 Å². The zero-order valence-corrected chi connectivity index (χ0v) is 17.4. The van der Waals surface area contributed by atoms with Crippen LogP contribution in [0.1, 0.15) is 43.7 Å². The van der Waals surface area contributed by atoms with Gasteiger partial charge < -0.3 is 10.5 Å². The van der Waals surface area contributed by atoms with Crippen molar-refractivity contribution in [3.05, 3.63) is 54.2 Å². The van der Waals surface area contributed by atoms with Crippen molar-refractivity contribution in [3.63, 3.8) is 0 Å². The lowest BCUT2D eigenvalue weighted by molar-refractivity contribution is 0.413. The molecule has 160 valence electrons. The Morgan fingerprint density at radius 3 is 2.52 bits per heavy atom. The maximum Gasteiger partial charge on any atom is 0.251 e. The molecule has 2 aliphatic rings. The summed E-state index contributed by atoms with van der Waals surface area (Å²) in [5.41, 5.74) is 8.16. The van der Waals surface area contributed by atoms with Gasteiger partial charge in [0, 0.05) is 29.8 Å². The second-order valence-electron chi connectivity index (χ2n) is 8.28. The van der Waals surface area contributed by atoms with E-state index in [-0.39, 0.29) is 17.9 Å². The second-order valence-corrected chi connectivity index (χ2v) is 8.28. The monoisotopic (exact) mass is 420 g/mol. The van der Waals surface area contributed by atoms with Crippen LogP contribution < -0.4 is 15.4 Å². The molecule has 5 rings (SSSR count). The minimum atomic E-state index is -0.351. The minimum absolute atomic E-state index is 0.143. The number of pyridine rings is 1. The van der Waals surface area contributed by atoms with E-state index >= 15 is 0 Å². The standard InChI is InChI=1S/C23H25FN6O/c1-31-20-4-2-3-18(24)22(20)15-7-10-21(26-12-15)30(17-9-8-16(25)11-17)23-27-13-19(28-29-23)14-5-6-14/h2-4,7,10,12-14,16-17H,5-6,8-9,11,25H2,1H3. The Balaban J connectivity index is 1.49. The number of anilines is 2. The Morgan fingerprint density at radius 1 is 1.03 bits per heavy atom. The first kappa shape index (κ1) is 19.8. The number of aromatic nitrogens is 4. The maximum atomic E-state index is 14.5. The molecule has 0 radical (unpaired) electrons. The average Bonchev–Trinajstić information content (AvgIpc) is 3.56. The molecule has 2 atom stereocenters. The lowest BCUT2D eigenvalue weighted by atomic mass is 10.1. The van der Waals surface area contributed by atoms with Crippen LogP contribution >= 0.6 is 0 Å². The summed E-state index contributed by atoms with van der Waals surface area (Å²) in [5, 5.41) is 8.81. The molecule has 0 aliphatic heterocycles. The summed E-state index contributed by atoms with van der Waals surface area (Å²) >= 11 is 0. The molecule has 0 bridgehead atoms. The molecule has 0 spiro atoms. The van der Waals surface area contributed by atoms with Crippen LogP contribution in [0.5, 0.6) is 5.75 Å². The lowest BCUT2D eigenvalue weighted by Crippen LogP contribution is -2.32. The van der Waals surface area contributed by atoms with Crippen molar-refractivity contribution < 1.29 is 9.13 Å². The van der Waals surface area contributed by atoms with Crippen molar-refractivity contribution in [1.82, 2.24) is 20.2 Å². The normalized spacial score (nSPS) is 20.6. The molecule has 2 aliphatic carbocycles. The number of ether oxygens (including phenoxy) is 1. The van der Waals surface area contributed by atoms with E-state index in [1.165, 1.54) is 13.2 Å². The Bertz CT molecular complexity index is 1050. The SMILES string of the molecule is COc1cccc(F)c1-c1ccc(N(c2ncc(C3CC3)nn2)C2CCC(N)C2)nc1. The molecule has 2 heterocycles. The first-order chi connectivity index (χ1) is 15.1. The molecular weight excluding hydrogens is 395 g/mol. The Hall–Kier alpha value is -3.13. The fourth-order valence-corrected chi connectivity index (χ4v) is 4.26. The highest BCUT2D eigenvalue weighted by Crippen LogP contribution is 2.39. The average molecular weight is 420 g/mol. The van der Waals surface area contributed by atoms with Crippen LogP contribution in [0.4, 0.5) is 16.2 Å². The molecule has 2 unspecified atom stereocenters. The van der Waals surface area contributed by atoms with Crippen molar-refractivity contribution in [2.75, 3.05) is 12.0 Å². The van der Waals surface area contributed by atoms with Crippen LogP contribution in [0, 0.1) is 5.82 Å². The van der Waals surface area contributed by atoms with Crippen LogP contribution in [-0.4, -0.2) is 39.4 Å². The van der Waals surface area contributed by atoms with E-state index in [2.05, 4.69) is 20.2 Å². The topological polar surface area (TPSA) is 90.0 Å². The predicted molar refractivity (Wildman–Crippen MR) is 116 cm³/mol. The molecule has 0 saturated heterocycles. The van der Waals surface area contributed by atoms with Crippen LogP contribution in [0.3, 0.4) is 0 Å². The van der Waals surface area contributed by atoms with Crippen LogP contribution in [0.2, 0.25) is 0 Å². The van der Waals surface area contributed by atoms with Gasteiger partial charge in [0.2, 0.25) is 0 Å². The van der Waals surface area contributed by atoms with Gasteiger partial charge in [0.25, 0.3) is 5.95 Å². The summed E-state index contributed by atoms with van der Waals surface area (Å²) < 4.78 is 19.8. The van der Waals surface area contributed by atoms with Gasteiger partial charge in [-0.1, -0.05) is 6.07 Å². The zero-order valence-electron chi connectivity index (χ0n) is 17.4. The Morgan fingerprint density at radius 2 is 1.90 bits per heavy atom. The molecule has 2 fully saturated rings. The van der Waals surface area contributed by atoms with Gasteiger partial charge in [0.1, 0.15) is 17.4 Å². The molecule has 1 aromatic carbocycles. The molecular formula is C23H25FN6O. The molecule has 8 heteroatoms. The van der Waals surface area contributed by atoms with E-state index in [0.29, 0.717) is 34.6 Å². The third-order valence-corrected chi connectivity index (χ3v) is 6.07. The summed E-state index contributed by atoms with van der Waals surface area (Å²) in [7, 11) is 1.53. The zero-order chi connectivity index (χ0) is 21.4. The van der Waals surface area contributed by atoms with Crippen molar-refractivity contribution in [2.24, 2.45) is 5.73 Å². The van der Waals surface area contributed by atoms with E-state index in [1.807, 2.05) is 23.2 Å². The van der Waals surface area contributed by atoms with Gasteiger partial charge in [-0.15, -0.1) is 10.2 Å². The van der Waals surface area contributed by atoms with E-state index < -0.39 is 0 Å². The van der Waals surface area contributed by atoms with Gasteiger partial charge >= 0.3 is 0 Å². The third kappa shape index (κ3) is 3.95. The number of rotatable bonds is 6. The molecule has 2 N–H and O–H groups in total. The fraction of sp³-hybridized carbons (Fsp3) is 0.391. The lowest BCUT2D eigenvalue weighted by Gasteiger charge is -2.28. The summed E-state index contributed by atoms with van der Waals surface area (Å²) in [6.07, 6.45) is 8.49. The van der Waals surface area contributed by atoms with E-state index in [0.717, 1.165) is 37.8 Å². The van der Waals surface area contributed by atoms with Gasteiger partial charge in [-0.2, -0.15) is 0 Å². The first-order valence-electron chi connectivity index (χ1n) is 10.7. The highest BCUT2D eigenvalue weighted by molar-refractivity contribution is 5.71. The second kappa shape index (κ2) is 8.19. The van der Waals surface area contributed by atoms with Crippen molar-refractivity contribution in [2.45, 2.75) is 50.1 Å². The smallest absolute Gasteiger partial charge is 0.251 e. The molecule has 7 nitrogen and oxygen atoms in total. The number of hydrogen-bond acceptors (Lipinski definition) is 7. The summed E-state index contributed by atoms with van der Waals surface area (Å²) in [5.74, 6) is 1.83. The number of hydrogen-bond donors (Lipinski definition) is 1. The Kier molecular flexibility index (Phi) is 5.23. The van der Waals surface area contributed by atoms with E-state index in [1.54, 1.807) is 18.3 Å². The van der Waals surface area contributed by atoms with Gasteiger partial charge in [-0.3, -0.25) is 4.90 Å². The van der Waals surface area contributed by atoms with Gasteiger partial charge in [0.05, 0.1) is 24.6 Å². The van der Waals surface area contributed by atoms with Gasteiger partial charge in [-0.25, -0.2) is 14.4 Å². The van der Waals surface area contributed by atoms with Crippen LogP contribution in [0.15, 0.2) is 42.7 Å². The third-order valence-electron chi connectivity index (χ3n) is 6.07. The molecule has 2 saturated carbocycles. The quantitative estimate of drug-likeness (QED) is 0.645. The predicted octanol–water partition coefficient (Wildman–Crippen LogP) is 3.98. The number of nitrogens with zero attached hydrogens (tertiary/aromatic N) is 5. The maximum absolute atomic E-state index is 14.5. The molecule has 0 amide bonds. The molecule has 3 aromatic rings. The number of methoxy groups -OCH3 is 1. The highest BCUT2D eigenvalue weighted by atomic mass is 19.1. The molecule has 31 heavy (non-hydrogen) atoms. The largest absolute Gasteiger partial charge is 0.496 e. The van der Waals surface area contributed by atoms with Gasteiger partial charge in [0.15, 0.2) is 0 Å². The number of benzene rings is 1. The number of halogens is 1. The van der Waals surface area contributed by atoms with Gasteiger partial charge in [-0.05, 0) is 56.4 Å². The molecule has 2 aromatic heterocycles. The summed E-state index contributed by atoms with van der Waals surface area (Å²) in [6, 6.07) is 8.77. The first-order valence-corrected chi connectivity index (χ1v) is 10.7. The Labute approximate surface area is 180 Å². The summed E-state index contributed by atoms with van der Waals surface area (Å²) in [4.78, 5) is 11.3. The van der Waals surface area contributed by atoms with Crippen molar-refractivity contribution in [1.29, 1.82) is 0 Å². The van der Waals surface area contributed by atoms with Crippen molar-refractivity contribution in [3.8, 4) is 16.9 Å². The van der Waals surface area contributed by atoms with E-state index in [4.69, 9.17) is 10.5 Å². The fourth-order valence-electron chi connectivity index (χ4n) is 4.26. The van der Waals surface area contributed by atoms with E-state index in [9.17, 15) is 4.39 Å². The van der Waals surface area contributed by atoms with Crippen LogP contribution in [0.25, 0.3) is 11.1 Å². The summed E-state index contributed by atoms with van der Waals surface area (Å²) in [6.45, 7) is 0. The van der Waals surface area contributed by atoms with Crippen molar-refractivity contribution >= 4 is 11.8 Å². The highest BCUT2D eigenvalue weighted by Gasteiger charge is 2.32. The minimum Gasteiger partial charge on any atom is -0.496 e.